The zero-order chi connectivity index (χ0) is 17.6. The summed E-state index contributed by atoms with van der Waals surface area (Å²) in [5, 5.41) is 10.3. The minimum atomic E-state index is -0.481. The molecule has 24 heavy (non-hydrogen) atoms. The van der Waals surface area contributed by atoms with Gasteiger partial charge in [0.2, 0.25) is 5.91 Å². The van der Waals surface area contributed by atoms with Crippen LogP contribution in [0, 0.1) is 5.41 Å². The molecule has 0 aromatic rings. The Balaban J connectivity index is 2.38. The van der Waals surface area contributed by atoms with Gasteiger partial charge in [0.1, 0.15) is 6.54 Å². The highest BCUT2D eigenvalue weighted by atomic mass is 16.7. The minimum Gasteiger partial charge on any atom is -0.437 e. The summed E-state index contributed by atoms with van der Waals surface area (Å²) in [5.41, 5.74) is 0. The largest absolute Gasteiger partial charge is 0.437 e. The zero-order valence-corrected chi connectivity index (χ0v) is 14.8. The molecule has 1 aliphatic heterocycles. The highest BCUT2D eigenvalue weighted by Crippen LogP contribution is 2.10. The van der Waals surface area contributed by atoms with Crippen molar-refractivity contribution in [2.75, 3.05) is 27.0 Å². The lowest BCUT2D eigenvalue weighted by atomic mass is 10.1. The first kappa shape index (κ1) is 20.4. The van der Waals surface area contributed by atoms with Gasteiger partial charge in [0, 0.05) is 13.5 Å². The first-order valence-electron chi connectivity index (χ1n) is 8.92. The fraction of sp³-hybridized carbons (Fsp3) is 0.824. The number of hydrogen-bond donors (Lipinski definition) is 2. The van der Waals surface area contributed by atoms with Crippen LogP contribution in [0.5, 0.6) is 0 Å². The third kappa shape index (κ3) is 10.2. The van der Waals surface area contributed by atoms with E-state index < -0.39 is 5.97 Å². The van der Waals surface area contributed by atoms with Gasteiger partial charge < -0.3 is 14.4 Å². The Hall–Kier alpha value is -1.63. The van der Waals surface area contributed by atoms with Gasteiger partial charge in [-0.3, -0.25) is 20.3 Å². The third-order valence-corrected chi connectivity index (χ3v) is 4.00. The summed E-state index contributed by atoms with van der Waals surface area (Å²) < 4.78 is 10.2. The Bertz CT molecular complexity index is 401. The van der Waals surface area contributed by atoms with Crippen molar-refractivity contribution in [2.45, 2.75) is 64.2 Å². The summed E-state index contributed by atoms with van der Waals surface area (Å²) in [6.07, 6.45) is 10.4. The van der Waals surface area contributed by atoms with Gasteiger partial charge in [-0.15, -0.1) is 0 Å². The number of cyclic esters (lactones) is 1. The first-order chi connectivity index (χ1) is 11.6. The topological polar surface area (TPSA) is 91.7 Å². The monoisotopic (exact) mass is 341 g/mol. The van der Waals surface area contributed by atoms with Gasteiger partial charge in [-0.25, -0.2) is 0 Å². The molecule has 1 fully saturated rings. The molecule has 1 saturated heterocycles. The molecule has 7 heteroatoms. The van der Waals surface area contributed by atoms with Crippen molar-refractivity contribution in [3.8, 4) is 0 Å². The normalized spacial score (nSPS) is 21.7. The van der Waals surface area contributed by atoms with Gasteiger partial charge in [0.15, 0.2) is 12.8 Å². The second-order valence-electron chi connectivity index (χ2n) is 6.23. The van der Waals surface area contributed by atoms with Crippen LogP contribution in [0.15, 0.2) is 0 Å². The van der Waals surface area contributed by atoms with Crippen LogP contribution in [0.25, 0.3) is 0 Å². The maximum atomic E-state index is 11.8. The van der Waals surface area contributed by atoms with Crippen molar-refractivity contribution in [3.63, 3.8) is 0 Å². The van der Waals surface area contributed by atoms with Crippen LogP contribution in [-0.2, 0) is 19.1 Å². The summed E-state index contributed by atoms with van der Waals surface area (Å²) in [5.74, 6) is -0.754. The van der Waals surface area contributed by atoms with Crippen molar-refractivity contribution in [1.29, 1.82) is 5.41 Å². The van der Waals surface area contributed by atoms with Gasteiger partial charge in [0.05, 0.1) is 6.61 Å². The lowest BCUT2D eigenvalue weighted by Gasteiger charge is -2.19. The highest BCUT2D eigenvalue weighted by molar-refractivity contribution is 5.96. The lowest BCUT2D eigenvalue weighted by Crippen LogP contribution is -2.43. The molecule has 1 amide bonds. The van der Waals surface area contributed by atoms with Crippen LogP contribution in [-0.4, -0.2) is 49.7 Å². The van der Waals surface area contributed by atoms with Crippen LogP contribution >= 0.6 is 0 Å². The molecule has 1 aliphatic rings. The number of likely N-dealkylation sites (N-methyl/N-ethyl adjacent to an activating group) is 1. The molecule has 138 valence electrons. The average Bonchev–Trinajstić information content (AvgIpc) is 2.54. The van der Waals surface area contributed by atoms with Crippen LogP contribution in [0.3, 0.4) is 0 Å². The Morgan fingerprint density at radius 1 is 0.958 bits per heavy atom. The van der Waals surface area contributed by atoms with Crippen molar-refractivity contribution in [2.24, 2.45) is 0 Å². The van der Waals surface area contributed by atoms with Crippen molar-refractivity contribution in [1.82, 2.24) is 10.2 Å². The van der Waals surface area contributed by atoms with E-state index >= 15 is 0 Å². The van der Waals surface area contributed by atoms with E-state index in [-0.39, 0.29) is 25.2 Å². The highest BCUT2D eigenvalue weighted by Gasteiger charge is 2.13. The Kier molecular flexibility index (Phi) is 10.8. The van der Waals surface area contributed by atoms with Gasteiger partial charge in [-0.1, -0.05) is 44.9 Å². The number of rotatable bonds is 0. The van der Waals surface area contributed by atoms with Gasteiger partial charge in [0.25, 0.3) is 0 Å². The molecule has 0 unspecified atom stereocenters. The minimum absolute atomic E-state index is 0.0631. The second kappa shape index (κ2) is 12.8. The SMILES string of the molecule is CN1CC(=O)OCOCCCCCCCCCCCC(=O)NC1=N. The molecule has 1 heterocycles. The fourth-order valence-corrected chi connectivity index (χ4v) is 2.50. The quantitative estimate of drug-likeness (QED) is 0.660. The maximum absolute atomic E-state index is 11.8. The third-order valence-electron chi connectivity index (χ3n) is 4.00. The van der Waals surface area contributed by atoms with Gasteiger partial charge >= 0.3 is 5.97 Å². The standard InChI is InChI=1S/C17H31N3O4/c1-20-13-16(22)24-14-23-12-10-8-6-4-2-3-5-7-9-11-15(21)19-17(20)18/h2-14H2,1H3,(H2,18,19,21). The number of amides is 1. The fourth-order valence-electron chi connectivity index (χ4n) is 2.50. The number of ether oxygens (including phenoxy) is 2. The maximum Gasteiger partial charge on any atom is 0.327 e. The van der Waals surface area contributed by atoms with E-state index in [2.05, 4.69) is 5.32 Å². The van der Waals surface area contributed by atoms with Crippen molar-refractivity contribution < 1.29 is 19.1 Å². The molecule has 0 saturated carbocycles. The molecule has 0 atom stereocenters. The van der Waals surface area contributed by atoms with Crippen LogP contribution < -0.4 is 5.32 Å². The predicted octanol–water partition coefficient (Wildman–Crippen LogP) is 2.40. The number of carbonyl (C=O) groups is 2. The first-order valence-corrected chi connectivity index (χ1v) is 8.92. The van der Waals surface area contributed by atoms with E-state index in [4.69, 9.17) is 14.9 Å². The molecule has 0 radical (unpaired) electrons. The Morgan fingerprint density at radius 3 is 2.21 bits per heavy atom. The summed E-state index contributed by atoms with van der Waals surface area (Å²) in [6, 6.07) is 0. The predicted molar refractivity (Wildman–Crippen MR) is 91.6 cm³/mol. The Labute approximate surface area is 144 Å². The van der Waals surface area contributed by atoms with Gasteiger partial charge in [-0.2, -0.15) is 0 Å². The molecular weight excluding hydrogens is 310 g/mol. The Morgan fingerprint density at radius 2 is 1.54 bits per heavy atom. The summed E-state index contributed by atoms with van der Waals surface area (Å²) in [7, 11) is 1.57. The number of nitrogens with one attached hydrogen (secondary N) is 2. The molecule has 7 nitrogen and oxygen atoms in total. The van der Waals surface area contributed by atoms with Crippen molar-refractivity contribution in [3.05, 3.63) is 0 Å². The van der Waals surface area contributed by atoms with Crippen molar-refractivity contribution >= 4 is 17.8 Å². The van der Waals surface area contributed by atoms with E-state index in [1.807, 2.05) is 0 Å². The molecule has 0 spiro atoms. The number of hydrogen-bond acceptors (Lipinski definition) is 5. The smallest absolute Gasteiger partial charge is 0.327 e. The van der Waals surface area contributed by atoms with E-state index in [1.165, 1.54) is 30.6 Å². The number of nitrogens with zero attached hydrogens (tertiary/aromatic N) is 1. The lowest BCUT2D eigenvalue weighted by molar-refractivity contribution is -0.156. The molecular formula is C17H31N3O4. The molecule has 0 aromatic carbocycles. The summed E-state index contributed by atoms with van der Waals surface area (Å²) in [4.78, 5) is 24.8. The van der Waals surface area contributed by atoms with E-state index in [9.17, 15) is 9.59 Å². The van der Waals surface area contributed by atoms with E-state index in [0.717, 1.165) is 32.1 Å². The molecule has 0 aromatic heterocycles. The molecule has 1 rings (SSSR count). The summed E-state index contributed by atoms with van der Waals surface area (Å²) >= 11 is 0. The summed E-state index contributed by atoms with van der Waals surface area (Å²) in [6.45, 7) is 0.434. The molecule has 0 aliphatic carbocycles. The number of esters is 1. The van der Waals surface area contributed by atoms with Gasteiger partial charge in [-0.05, 0) is 12.8 Å². The van der Waals surface area contributed by atoms with Crippen LogP contribution in [0.2, 0.25) is 0 Å². The van der Waals surface area contributed by atoms with Crippen LogP contribution in [0.1, 0.15) is 64.2 Å². The van der Waals surface area contributed by atoms with E-state index in [1.54, 1.807) is 7.05 Å². The van der Waals surface area contributed by atoms with E-state index in [0.29, 0.717) is 13.0 Å². The number of carbonyl (C=O) groups excluding carboxylic acids is 2. The molecule has 0 bridgehead atoms. The average molecular weight is 341 g/mol. The second-order valence-corrected chi connectivity index (χ2v) is 6.23. The van der Waals surface area contributed by atoms with Crippen LogP contribution in [0.4, 0.5) is 0 Å². The number of guanidine groups is 1. The zero-order valence-electron chi connectivity index (χ0n) is 14.8. The molecule has 2 N–H and O–H groups in total.